The lowest BCUT2D eigenvalue weighted by molar-refractivity contribution is -0.387. The van der Waals surface area contributed by atoms with Gasteiger partial charge in [-0.05, 0) is 19.1 Å². The summed E-state index contributed by atoms with van der Waals surface area (Å²) in [7, 11) is 0. The van der Waals surface area contributed by atoms with Crippen LogP contribution in [0, 0.1) is 21.7 Å². The third-order valence-corrected chi connectivity index (χ3v) is 2.68. The predicted octanol–water partition coefficient (Wildman–Crippen LogP) is 3.02. The van der Waals surface area contributed by atoms with Gasteiger partial charge < -0.3 is 10.2 Å². The molecule has 0 radical (unpaired) electrons. The van der Waals surface area contributed by atoms with E-state index >= 15 is 0 Å². The summed E-state index contributed by atoms with van der Waals surface area (Å²) in [5.41, 5.74) is 4.66. The van der Waals surface area contributed by atoms with E-state index in [4.69, 9.17) is 10.2 Å². The molecule has 2 aromatic rings. The number of nitrogens with two attached hydrogens (primary N) is 1. The van der Waals surface area contributed by atoms with Gasteiger partial charge in [-0.1, -0.05) is 0 Å². The van der Waals surface area contributed by atoms with E-state index < -0.39 is 22.2 Å². The van der Waals surface area contributed by atoms with Crippen molar-refractivity contribution < 1.29 is 18.1 Å². The molecule has 5 nitrogen and oxygen atoms in total. The van der Waals surface area contributed by atoms with Crippen LogP contribution in [-0.4, -0.2) is 11.0 Å². The standard InChI is InChI=1S/C13H12F2N2O3/c1-7(16)4-8-2-3-13(20-8)9-5-12(17(18)19)11(15)6-10(9)14/h2-3,5-7H,4,16H2,1H3. The molecular weight excluding hydrogens is 270 g/mol. The van der Waals surface area contributed by atoms with Gasteiger partial charge >= 0.3 is 5.69 Å². The molecule has 0 spiro atoms. The molecule has 0 amide bonds. The number of nitro benzene ring substituents is 1. The van der Waals surface area contributed by atoms with Crippen molar-refractivity contribution in [3.05, 3.63) is 51.8 Å². The molecule has 1 aromatic heterocycles. The van der Waals surface area contributed by atoms with Gasteiger partial charge in [0.1, 0.15) is 17.3 Å². The Morgan fingerprint density at radius 2 is 2.05 bits per heavy atom. The van der Waals surface area contributed by atoms with Gasteiger partial charge in [-0.2, -0.15) is 4.39 Å². The van der Waals surface area contributed by atoms with Crippen LogP contribution in [0.2, 0.25) is 0 Å². The molecule has 1 unspecified atom stereocenters. The number of furan rings is 1. The molecule has 2 rings (SSSR count). The fraction of sp³-hybridized carbons (Fsp3) is 0.231. The van der Waals surface area contributed by atoms with Gasteiger partial charge in [0.2, 0.25) is 5.82 Å². The van der Waals surface area contributed by atoms with Crippen LogP contribution in [0.15, 0.2) is 28.7 Å². The zero-order valence-electron chi connectivity index (χ0n) is 10.6. The Morgan fingerprint density at radius 3 is 2.65 bits per heavy atom. The lowest BCUT2D eigenvalue weighted by atomic mass is 10.1. The molecule has 0 aliphatic heterocycles. The topological polar surface area (TPSA) is 82.3 Å². The highest BCUT2D eigenvalue weighted by atomic mass is 19.1. The first-order valence-electron chi connectivity index (χ1n) is 5.86. The van der Waals surface area contributed by atoms with Gasteiger partial charge in [-0.25, -0.2) is 4.39 Å². The Bertz CT molecular complexity index is 653. The van der Waals surface area contributed by atoms with Crippen molar-refractivity contribution in [1.29, 1.82) is 0 Å². The van der Waals surface area contributed by atoms with Crippen LogP contribution in [0.1, 0.15) is 12.7 Å². The maximum atomic E-state index is 13.7. The number of halogens is 2. The van der Waals surface area contributed by atoms with Crippen molar-refractivity contribution in [2.24, 2.45) is 5.73 Å². The zero-order chi connectivity index (χ0) is 14.9. The summed E-state index contributed by atoms with van der Waals surface area (Å²) >= 11 is 0. The van der Waals surface area contributed by atoms with E-state index in [1.54, 1.807) is 13.0 Å². The Kier molecular flexibility index (Phi) is 3.80. The smallest absolute Gasteiger partial charge is 0.305 e. The predicted molar refractivity (Wildman–Crippen MR) is 68.1 cm³/mol. The minimum atomic E-state index is -1.22. The number of nitrogens with zero attached hydrogens (tertiary/aromatic N) is 1. The Morgan fingerprint density at radius 1 is 1.35 bits per heavy atom. The van der Waals surface area contributed by atoms with Gasteiger partial charge in [0, 0.05) is 24.6 Å². The normalized spacial score (nSPS) is 12.4. The summed E-state index contributed by atoms with van der Waals surface area (Å²) in [5.74, 6) is -1.52. The van der Waals surface area contributed by atoms with Crippen molar-refractivity contribution >= 4 is 5.69 Å². The molecule has 0 saturated heterocycles. The molecule has 0 aliphatic carbocycles. The first-order valence-corrected chi connectivity index (χ1v) is 5.86. The number of benzene rings is 1. The van der Waals surface area contributed by atoms with Crippen LogP contribution in [-0.2, 0) is 6.42 Å². The van der Waals surface area contributed by atoms with Gasteiger partial charge in [-0.3, -0.25) is 10.1 Å². The molecule has 0 saturated carbocycles. The second-order valence-corrected chi connectivity index (χ2v) is 4.49. The highest BCUT2D eigenvalue weighted by Gasteiger charge is 2.21. The second kappa shape index (κ2) is 5.38. The minimum Gasteiger partial charge on any atom is -0.461 e. The van der Waals surface area contributed by atoms with E-state index in [2.05, 4.69) is 0 Å². The molecule has 1 atom stereocenters. The maximum Gasteiger partial charge on any atom is 0.305 e. The lowest BCUT2D eigenvalue weighted by Gasteiger charge is -2.03. The van der Waals surface area contributed by atoms with E-state index in [1.807, 2.05) is 0 Å². The molecule has 0 aliphatic rings. The summed E-state index contributed by atoms with van der Waals surface area (Å²) in [6.07, 6.45) is 0.449. The molecule has 7 heteroatoms. The van der Waals surface area contributed by atoms with Crippen molar-refractivity contribution in [3.8, 4) is 11.3 Å². The lowest BCUT2D eigenvalue weighted by Crippen LogP contribution is -2.17. The van der Waals surface area contributed by atoms with Gasteiger partial charge in [0.25, 0.3) is 0 Å². The molecule has 1 heterocycles. The van der Waals surface area contributed by atoms with E-state index in [0.717, 1.165) is 6.07 Å². The fourth-order valence-electron chi connectivity index (χ4n) is 1.82. The molecule has 1 aromatic carbocycles. The number of hydrogen-bond donors (Lipinski definition) is 1. The van der Waals surface area contributed by atoms with Gasteiger partial charge in [-0.15, -0.1) is 0 Å². The number of nitro groups is 1. The van der Waals surface area contributed by atoms with E-state index in [9.17, 15) is 18.9 Å². The van der Waals surface area contributed by atoms with Crippen molar-refractivity contribution in [3.63, 3.8) is 0 Å². The average Bonchev–Trinajstić information content (AvgIpc) is 2.75. The van der Waals surface area contributed by atoms with E-state index in [0.29, 0.717) is 18.2 Å². The minimum absolute atomic E-state index is 0.0984. The summed E-state index contributed by atoms with van der Waals surface area (Å²) in [6, 6.07) is 4.23. The fourth-order valence-corrected chi connectivity index (χ4v) is 1.82. The highest BCUT2D eigenvalue weighted by Crippen LogP contribution is 2.30. The number of rotatable bonds is 4. The van der Waals surface area contributed by atoms with E-state index in [-0.39, 0.29) is 17.4 Å². The molecule has 0 bridgehead atoms. The van der Waals surface area contributed by atoms with Crippen LogP contribution < -0.4 is 5.73 Å². The number of hydrogen-bond acceptors (Lipinski definition) is 4. The Balaban J connectivity index is 2.44. The molecule has 106 valence electrons. The zero-order valence-corrected chi connectivity index (χ0v) is 10.6. The van der Waals surface area contributed by atoms with Crippen LogP contribution in [0.5, 0.6) is 0 Å². The van der Waals surface area contributed by atoms with Crippen molar-refractivity contribution in [2.75, 3.05) is 0 Å². The Labute approximate surface area is 113 Å². The van der Waals surface area contributed by atoms with Crippen LogP contribution in [0.25, 0.3) is 11.3 Å². The van der Waals surface area contributed by atoms with Crippen LogP contribution >= 0.6 is 0 Å². The highest BCUT2D eigenvalue weighted by molar-refractivity contribution is 5.62. The van der Waals surface area contributed by atoms with Gasteiger partial charge in [0.05, 0.1) is 10.5 Å². The average molecular weight is 282 g/mol. The van der Waals surface area contributed by atoms with Crippen LogP contribution in [0.3, 0.4) is 0 Å². The van der Waals surface area contributed by atoms with Gasteiger partial charge in [0.15, 0.2) is 0 Å². The monoisotopic (exact) mass is 282 g/mol. The quantitative estimate of drug-likeness (QED) is 0.690. The first-order chi connectivity index (χ1) is 9.38. The van der Waals surface area contributed by atoms with Crippen LogP contribution in [0.4, 0.5) is 14.5 Å². The largest absolute Gasteiger partial charge is 0.461 e. The molecule has 0 fully saturated rings. The molecule has 2 N–H and O–H groups in total. The summed E-state index contributed by atoms with van der Waals surface area (Å²) in [5, 5.41) is 10.7. The second-order valence-electron chi connectivity index (χ2n) is 4.49. The first kappa shape index (κ1) is 14.1. The third-order valence-electron chi connectivity index (χ3n) is 2.68. The molecule has 20 heavy (non-hydrogen) atoms. The summed E-state index contributed by atoms with van der Waals surface area (Å²) in [6.45, 7) is 1.78. The SMILES string of the molecule is CC(N)Cc1ccc(-c2cc([N+](=O)[O-])c(F)cc2F)o1. The summed E-state index contributed by atoms with van der Waals surface area (Å²) in [4.78, 5) is 9.75. The third kappa shape index (κ3) is 2.83. The van der Waals surface area contributed by atoms with Crippen molar-refractivity contribution in [1.82, 2.24) is 0 Å². The maximum absolute atomic E-state index is 13.7. The Hall–Kier alpha value is -2.28. The van der Waals surface area contributed by atoms with Crippen molar-refractivity contribution in [2.45, 2.75) is 19.4 Å². The summed E-state index contributed by atoms with van der Waals surface area (Å²) < 4.78 is 32.3. The molecular formula is C13H12F2N2O3. The van der Waals surface area contributed by atoms with E-state index in [1.165, 1.54) is 6.07 Å².